The molecule has 2 heterocycles. The van der Waals surface area contributed by atoms with Crippen molar-refractivity contribution in [3.05, 3.63) is 5.82 Å². The van der Waals surface area contributed by atoms with Crippen LogP contribution in [0.25, 0.3) is 0 Å². The molecule has 0 radical (unpaired) electrons. The van der Waals surface area contributed by atoms with E-state index in [1.54, 1.807) is 0 Å². The van der Waals surface area contributed by atoms with Crippen molar-refractivity contribution in [3.8, 4) is 0 Å². The van der Waals surface area contributed by atoms with Crippen molar-refractivity contribution in [3.63, 3.8) is 0 Å². The zero-order valence-electron chi connectivity index (χ0n) is 17.4. The Morgan fingerprint density at radius 1 is 0.862 bits per heavy atom. The maximum absolute atomic E-state index is 5.70. The number of aromatic nitrogens is 3. The van der Waals surface area contributed by atoms with E-state index >= 15 is 0 Å². The molecule has 9 nitrogen and oxygen atoms in total. The Morgan fingerprint density at radius 3 is 2.34 bits per heavy atom. The van der Waals surface area contributed by atoms with Gasteiger partial charge < -0.3 is 30.6 Å². The summed E-state index contributed by atoms with van der Waals surface area (Å²) in [6.07, 6.45) is 8.57. The summed E-state index contributed by atoms with van der Waals surface area (Å²) in [5, 5.41) is 6.63. The van der Waals surface area contributed by atoms with Crippen molar-refractivity contribution in [1.29, 1.82) is 0 Å². The highest BCUT2D eigenvalue weighted by Crippen LogP contribution is 2.31. The van der Waals surface area contributed by atoms with Crippen LogP contribution in [0.4, 0.5) is 11.9 Å². The van der Waals surface area contributed by atoms with Gasteiger partial charge in [-0.2, -0.15) is 15.0 Å². The third-order valence-corrected chi connectivity index (χ3v) is 5.30. The molecule has 29 heavy (non-hydrogen) atoms. The number of ether oxygens (including phenoxy) is 3. The van der Waals surface area contributed by atoms with Crippen molar-refractivity contribution in [2.24, 2.45) is 5.73 Å². The van der Waals surface area contributed by atoms with Gasteiger partial charge in [-0.15, -0.1) is 0 Å². The molecule has 9 heteroatoms. The van der Waals surface area contributed by atoms with Crippen molar-refractivity contribution in [2.45, 2.75) is 57.0 Å². The lowest BCUT2D eigenvalue weighted by Gasteiger charge is -2.21. The molecular formula is C20H36N6O3. The van der Waals surface area contributed by atoms with Crippen LogP contribution in [0, 0.1) is 0 Å². The molecule has 1 aliphatic carbocycles. The van der Waals surface area contributed by atoms with Gasteiger partial charge in [0.1, 0.15) is 5.82 Å². The number of anilines is 2. The monoisotopic (exact) mass is 408 g/mol. The molecule has 1 saturated heterocycles. The number of nitrogens with one attached hydrogen (secondary N) is 2. The summed E-state index contributed by atoms with van der Waals surface area (Å²) in [5.74, 6) is 2.56. The van der Waals surface area contributed by atoms with Crippen molar-refractivity contribution in [1.82, 2.24) is 15.0 Å². The SMILES string of the molecule is NCCOCCOCCNc1nc(NCC2CCCO2)nc(C2CCCCC2)n1. The molecule has 0 aromatic carbocycles. The van der Waals surface area contributed by atoms with Crippen LogP contribution in [0.3, 0.4) is 0 Å². The van der Waals surface area contributed by atoms with Crippen molar-refractivity contribution in [2.75, 3.05) is 63.3 Å². The summed E-state index contributed by atoms with van der Waals surface area (Å²) in [6.45, 7) is 5.00. The van der Waals surface area contributed by atoms with Gasteiger partial charge in [-0.05, 0) is 25.7 Å². The Balaban J connectivity index is 1.50. The number of hydrogen-bond donors (Lipinski definition) is 3. The fourth-order valence-electron chi connectivity index (χ4n) is 3.74. The largest absolute Gasteiger partial charge is 0.378 e. The summed E-state index contributed by atoms with van der Waals surface area (Å²) in [5.41, 5.74) is 5.38. The van der Waals surface area contributed by atoms with Gasteiger partial charge in [0, 0.05) is 32.2 Å². The zero-order valence-corrected chi connectivity index (χ0v) is 17.4. The Hall–Kier alpha value is -1.55. The van der Waals surface area contributed by atoms with Crippen LogP contribution >= 0.6 is 0 Å². The molecule has 3 rings (SSSR count). The Morgan fingerprint density at radius 2 is 1.62 bits per heavy atom. The molecule has 0 amide bonds. The second kappa shape index (κ2) is 12.9. The smallest absolute Gasteiger partial charge is 0.227 e. The van der Waals surface area contributed by atoms with E-state index in [-0.39, 0.29) is 6.10 Å². The van der Waals surface area contributed by atoms with E-state index in [0.29, 0.717) is 57.3 Å². The van der Waals surface area contributed by atoms with E-state index in [4.69, 9.17) is 29.9 Å². The van der Waals surface area contributed by atoms with Crippen molar-refractivity contribution < 1.29 is 14.2 Å². The molecule has 1 aromatic rings. The lowest BCUT2D eigenvalue weighted by Crippen LogP contribution is -2.22. The molecule has 1 unspecified atom stereocenters. The topological polar surface area (TPSA) is 116 Å². The van der Waals surface area contributed by atoms with Crippen LogP contribution in [-0.2, 0) is 14.2 Å². The molecule has 1 aliphatic heterocycles. The standard InChI is InChI=1S/C20H36N6O3/c21-8-11-27-13-14-28-12-9-22-19-24-18(16-5-2-1-3-6-16)25-20(26-19)23-15-17-7-4-10-29-17/h16-17H,1-15,21H2,(H2,22,23,24,25,26). The molecule has 2 fully saturated rings. The number of hydrogen-bond acceptors (Lipinski definition) is 9. The number of nitrogens with two attached hydrogens (primary N) is 1. The van der Waals surface area contributed by atoms with Gasteiger partial charge in [0.25, 0.3) is 0 Å². The molecule has 0 spiro atoms. The van der Waals surface area contributed by atoms with Crippen LogP contribution in [0.2, 0.25) is 0 Å². The quantitative estimate of drug-likeness (QED) is 0.421. The highest BCUT2D eigenvalue weighted by molar-refractivity contribution is 5.35. The maximum atomic E-state index is 5.70. The summed E-state index contributed by atoms with van der Waals surface area (Å²) in [7, 11) is 0. The van der Waals surface area contributed by atoms with E-state index in [1.807, 2.05) is 0 Å². The molecule has 164 valence electrons. The first-order valence-electron chi connectivity index (χ1n) is 11.1. The highest BCUT2D eigenvalue weighted by atomic mass is 16.5. The van der Waals surface area contributed by atoms with Crippen molar-refractivity contribution >= 4 is 11.9 Å². The number of rotatable bonds is 13. The first-order valence-corrected chi connectivity index (χ1v) is 11.1. The van der Waals surface area contributed by atoms with Crippen LogP contribution in [0.15, 0.2) is 0 Å². The van der Waals surface area contributed by atoms with E-state index < -0.39 is 0 Å². The zero-order chi connectivity index (χ0) is 20.2. The molecule has 1 aromatic heterocycles. The third kappa shape index (κ3) is 8.00. The first-order chi connectivity index (χ1) is 14.3. The average Bonchev–Trinajstić information content (AvgIpc) is 3.28. The molecule has 2 aliphatic rings. The van der Waals surface area contributed by atoms with Crippen LogP contribution in [0.5, 0.6) is 0 Å². The van der Waals surface area contributed by atoms with Gasteiger partial charge in [0.15, 0.2) is 0 Å². The van der Waals surface area contributed by atoms with Crippen LogP contribution < -0.4 is 16.4 Å². The van der Waals surface area contributed by atoms with Gasteiger partial charge in [0.2, 0.25) is 11.9 Å². The predicted octanol–water partition coefficient (Wildman–Crippen LogP) is 1.91. The lowest BCUT2D eigenvalue weighted by atomic mass is 9.89. The predicted molar refractivity (Wildman–Crippen MR) is 112 cm³/mol. The normalized spacial score (nSPS) is 20.1. The Bertz CT molecular complexity index is 579. The molecule has 4 N–H and O–H groups in total. The minimum atomic E-state index is 0.246. The molecular weight excluding hydrogens is 372 g/mol. The second-order valence-corrected chi connectivity index (χ2v) is 7.63. The fourth-order valence-corrected chi connectivity index (χ4v) is 3.74. The maximum Gasteiger partial charge on any atom is 0.227 e. The highest BCUT2D eigenvalue weighted by Gasteiger charge is 2.21. The van der Waals surface area contributed by atoms with Gasteiger partial charge in [-0.1, -0.05) is 19.3 Å². The average molecular weight is 409 g/mol. The summed E-state index contributed by atoms with van der Waals surface area (Å²) >= 11 is 0. The van der Waals surface area contributed by atoms with E-state index in [1.165, 1.54) is 19.3 Å². The van der Waals surface area contributed by atoms with Gasteiger partial charge in [-0.3, -0.25) is 0 Å². The summed E-state index contributed by atoms with van der Waals surface area (Å²) in [4.78, 5) is 14.0. The molecule has 0 bridgehead atoms. The van der Waals surface area contributed by atoms with Gasteiger partial charge in [0.05, 0.1) is 32.5 Å². The summed E-state index contributed by atoms with van der Waals surface area (Å²) < 4.78 is 16.6. The van der Waals surface area contributed by atoms with Crippen LogP contribution in [-0.4, -0.2) is 73.7 Å². The minimum Gasteiger partial charge on any atom is -0.378 e. The number of nitrogens with zero attached hydrogens (tertiary/aromatic N) is 3. The van der Waals surface area contributed by atoms with E-state index in [0.717, 1.165) is 44.7 Å². The molecule has 1 saturated carbocycles. The molecule has 1 atom stereocenters. The fraction of sp³-hybridized carbons (Fsp3) is 0.850. The van der Waals surface area contributed by atoms with Gasteiger partial charge >= 0.3 is 0 Å². The van der Waals surface area contributed by atoms with Crippen LogP contribution in [0.1, 0.15) is 56.7 Å². The van der Waals surface area contributed by atoms with Gasteiger partial charge in [-0.25, -0.2) is 0 Å². The summed E-state index contributed by atoms with van der Waals surface area (Å²) in [6, 6.07) is 0. The minimum absolute atomic E-state index is 0.246. The Kier molecular flexibility index (Phi) is 9.85. The second-order valence-electron chi connectivity index (χ2n) is 7.63. The van der Waals surface area contributed by atoms with E-state index in [9.17, 15) is 0 Å². The third-order valence-electron chi connectivity index (χ3n) is 5.30. The first kappa shape index (κ1) is 22.1. The lowest BCUT2D eigenvalue weighted by molar-refractivity contribution is 0.0547. The Labute approximate surface area is 173 Å². The van der Waals surface area contributed by atoms with E-state index in [2.05, 4.69) is 15.6 Å².